The van der Waals surface area contributed by atoms with Crippen LogP contribution < -0.4 is 4.74 Å². The molecule has 0 N–H and O–H groups in total. The molecule has 0 amide bonds. The summed E-state index contributed by atoms with van der Waals surface area (Å²) in [6, 6.07) is 24.7. The van der Waals surface area contributed by atoms with E-state index in [9.17, 15) is 0 Å². The first-order chi connectivity index (χ1) is 14.1. The maximum Gasteiger partial charge on any atom is 0.196 e. The number of methoxy groups -OCH3 is 1. The van der Waals surface area contributed by atoms with E-state index in [4.69, 9.17) is 4.74 Å². The predicted octanol–water partition coefficient (Wildman–Crippen LogP) is 6.31. The van der Waals surface area contributed by atoms with Crippen molar-refractivity contribution in [2.45, 2.75) is 17.8 Å². The summed E-state index contributed by atoms with van der Waals surface area (Å²) in [5.74, 6) is 2.41. The van der Waals surface area contributed by atoms with Crippen LogP contribution in [0.25, 0.3) is 17.1 Å². The van der Waals surface area contributed by atoms with Gasteiger partial charge in [-0.25, -0.2) is 0 Å². The fourth-order valence-corrected chi connectivity index (χ4v) is 4.14. The summed E-state index contributed by atoms with van der Waals surface area (Å²) in [4.78, 5) is 0. The average molecular weight is 466 g/mol. The lowest BCUT2D eigenvalue weighted by atomic mass is 10.2. The van der Waals surface area contributed by atoms with Crippen LogP contribution in [0.3, 0.4) is 0 Å². The molecular weight excluding hydrogens is 446 g/mol. The minimum Gasteiger partial charge on any atom is -0.497 e. The van der Waals surface area contributed by atoms with Gasteiger partial charge in [-0.15, -0.1) is 10.2 Å². The van der Waals surface area contributed by atoms with Gasteiger partial charge in [-0.3, -0.25) is 4.57 Å². The highest BCUT2D eigenvalue weighted by Crippen LogP contribution is 2.31. The summed E-state index contributed by atoms with van der Waals surface area (Å²) in [5, 5.41) is 9.88. The van der Waals surface area contributed by atoms with E-state index in [1.807, 2.05) is 24.3 Å². The van der Waals surface area contributed by atoms with E-state index >= 15 is 0 Å². The van der Waals surface area contributed by atoms with Crippen molar-refractivity contribution in [3.63, 3.8) is 0 Å². The Kier molecular flexibility index (Phi) is 6.02. The molecule has 146 valence electrons. The summed E-state index contributed by atoms with van der Waals surface area (Å²) in [6.45, 7) is 2.09. The number of hydrogen-bond donors (Lipinski definition) is 0. The van der Waals surface area contributed by atoms with Gasteiger partial charge < -0.3 is 4.74 Å². The van der Waals surface area contributed by atoms with Crippen molar-refractivity contribution in [2.75, 3.05) is 7.11 Å². The molecule has 0 atom stereocenters. The summed E-state index contributed by atoms with van der Waals surface area (Å²) in [5.41, 5.74) is 4.46. The lowest BCUT2D eigenvalue weighted by Crippen LogP contribution is -2.00. The van der Waals surface area contributed by atoms with Gasteiger partial charge in [-0.05, 0) is 48.9 Å². The normalized spacial score (nSPS) is 10.9. The van der Waals surface area contributed by atoms with Crippen LogP contribution in [-0.4, -0.2) is 21.9 Å². The molecule has 4 nitrogen and oxygen atoms in total. The monoisotopic (exact) mass is 465 g/mol. The fraction of sp³-hybridized carbons (Fsp3) is 0.130. The third-order valence-corrected chi connectivity index (χ3v) is 6.06. The second kappa shape index (κ2) is 8.84. The van der Waals surface area contributed by atoms with E-state index in [-0.39, 0.29) is 0 Å². The molecule has 0 radical (unpaired) electrons. The number of aromatic nitrogens is 3. The zero-order chi connectivity index (χ0) is 20.2. The summed E-state index contributed by atoms with van der Waals surface area (Å²) in [7, 11) is 1.67. The van der Waals surface area contributed by atoms with E-state index in [0.29, 0.717) is 0 Å². The highest BCUT2D eigenvalue weighted by molar-refractivity contribution is 9.10. The van der Waals surface area contributed by atoms with Crippen LogP contribution in [0.5, 0.6) is 5.75 Å². The van der Waals surface area contributed by atoms with E-state index in [2.05, 4.69) is 86.1 Å². The molecule has 0 fully saturated rings. The third-order valence-electron chi connectivity index (χ3n) is 4.53. The van der Waals surface area contributed by atoms with E-state index in [0.717, 1.165) is 38.2 Å². The number of ether oxygens (including phenoxy) is 1. The average Bonchev–Trinajstić information content (AvgIpc) is 3.18. The van der Waals surface area contributed by atoms with Gasteiger partial charge in [0, 0.05) is 21.5 Å². The van der Waals surface area contributed by atoms with Gasteiger partial charge in [-0.1, -0.05) is 69.7 Å². The van der Waals surface area contributed by atoms with Gasteiger partial charge in [0.1, 0.15) is 5.75 Å². The molecule has 0 saturated carbocycles. The van der Waals surface area contributed by atoms with E-state index < -0.39 is 0 Å². The Morgan fingerprint density at radius 1 is 0.966 bits per heavy atom. The van der Waals surface area contributed by atoms with Crippen molar-refractivity contribution >= 4 is 27.7 Å². The Balaban J connectivity index is 1.73. The zero-order valence-electron chi connectivity index (χ0n) is 16.2. The molecule has 0 saturated heterocycles. The topological polar surface area (TPSA) is 39.9 Å². The molecule has 1 aromatic heterocycles. The summed E-state index contributed by atoms with van der Waals surface area (Å²) >= 11 is 5.16. The highest BCUT2D eigenvalue weighted by atomic mass is 79.9. The number of hydrogen-bond acceptors (Lipinski definition) is 4. The van der Waals surface area contributed by atoms with Crippen LogP contribution in [0.1, 0.15) is 11.1 Å². The smallest absolute Gasteiger partial charge is 0.196 e. The second-order valence-electron chi connectivity index (χ2n) is 6.62. The third kappa shape index (κ3) is 4.54. The minimum atomic E-state index is 0.796. The molecular formula is C23H20BrN3OS. The molecule has 1 heterocycles. The van der Waals surface area contributed by atoms with Crippen LogP contribution in [0, 0.1) is 6.92 Å². The van der Waals surface area contributed by atoms with Gasteiger partial charge >= 0.3 is 0 Å². The van der Waals surface area contributed by atoms with Gasteiger partial charge in [-0.2, -0.15) is 0 Å². The predicted molar refractivity (Wildman–Crippen MR) is 122 cm³/mol. The first-order valence-electron chi connectivity index (χ1n) is 9.18. The van der Waals surface area contributed by atoms with Crippen LogP contribution in [0.4, 0.5) is 0 Å². The SMILES string of the molecule is COc1cccc(-c2nnc(SCc3ccc(Br)cc3)n2-c2ccc(C)cc2)c1. The van der Waals surface area contributed by atoms with Crippen LogP contribution in [0.15, 0.2) is 82.4 Å². The molecule has 0 aliphatic rings. The van der Waals surface area contributed by atoms with Gasteiger partial charge in [0.2, 0.25) is 0 Å². The van der Waals surface area contributed by atoms with Crippen molar-refractivity contribution in [1.82, 2.24) is 14.8 Å². The first-order valence-corrected chi connectivity index (χ1v) is 11.0. The number of rotatable bonds is 6. The Hall–Kier alpha value is -2.57. The number of thioether (sulfide) groups is 1. The van der Waals surface area contributed by atoms with Crippen molar-refractivity contribution in [3.8, 4) is 22.8 Å². The number of nitrogens with zero attached hydrogens (tertiary/aromatic N) is 3. The molecule has 0 bridgehead atoms. The van der Waals surface area contributed by atoms with Crippen molar-refractivity contribution in [2.24, 2.45) is 0 Å². The van der Waals surface area contributed by atoms with Crippen molar-refractivity contribution in [1.29, 1.82) is 0 Å². The van der Waals surface area contributed by atoms with Crippen LogP contribution >= 0.6 is 27.7 Å². The summed E-state index contributed by atoms with van der Waals surface area (Å²) < 4.78 is 8.58. The fourth-order valence-electron chi connectivity index (χ4n) is 2.97. The number of benzene rings is 3. The van der Waals surface area contributed by atoms with Crippen molar-refractivity contribution < 1.29 is 4.74 Å². The quantitative estimate of drug-likeness (QED) is 0.313. The lowest BCUT2D eigenvalue weighted by molar-refractivity contribution is 0.415. The Labute approximate surface area is 183 Å². The lowest BCUT2D eigenvalue weighted by Gasteiger charge is -2.11. The zero-order valence-corrected chi connectivity index (χ0v) is 18.6. The van der Waals surface area contributed by atoms with Gasteiger partial charge in [0.05, 0.1) is 7.11 Å². The Bertz CT molecular complexity index is 1110. The molecule has 3 aromatic carbocycles. The van der Waals surface area contributed by atoms with E-state index in [1.165, 1.54) is 11.1 Å². The Morgan fingerprint density at radius 2 is 1.72 bits per heavy atom. The van der Waals surface area contributed by atoms with Crippen LogP contribution in [-0.2, 0) is 5.75 Å². The second-order valence-corrected chi connectivity index (χ2v) is 8.48. The minimum absolute atomic E-state index is 0.796. The van der Waals surface area contributed by atoms with Gasteiger partial charge in [0.15, 0.2) is 11.0 Å². The summed E-state index contributed by atoms with van der Waals surface area (Å²) in [6.07, 6.45) is 0. The maximum absolute atomic E-state index is 5.39. The van der Waals surface area contributed by atoms with Gasteiger partial charge in [0.25, 0.3) is 0 Å². The molecule has 0 unspecified atom stereocenters. The van der Waals surface area contributed by atoms with Crippen molar-refractivity contribution in [3.05, 3.63) is 88.4 Å². The van der Waals surface area contributed by atoms with E-state index in [1.54, 1.807) is 18.9 Å². The number of aryl methyl sites for hydroxylation is 1. The molecule has 29 heavy (non-hydrogen) atoms. The molecule has 4 aromatic rings. The largest absolute Gasteiger partial charge is 0.497 e. The molecule has 4 rings (SSSR count). The molecule has 0 aliphatic carbocycles. The molecule has 6 heteroatoms. The Morgan fingerprint density at radius 3 is 2.45 bits per heavy atom. The highest BCUT2D eigenvalue weighted by Gasteiger charge is 2.17. The molecule has 0 aliphatic heterocycles. The first kappa shape index (κ1) is 19.7. The molecule has 0 spiro atoms. The number of halogens is 1. The van der Waals surface area contributed by atoms with Crippen LogP contribution in [0.2, 0.25) is 0 Å². The standard InChI is InChI=1S/C23H20BrN3OS/c1-16-6-12-20(13-7-16)27-22(18-4-3-5-21(14-18)28-2)25-26-23(27)29-15-17-8-10-19(24)11-9-17/h3-14H,15H2,1-2H3. The maximum atomic E-state index is 5.39.